The lowest BCUT2D eigenvalue weighted by atomic mass is 9.97. The summed E-state index contributed by atoms with van der Waals surface area (Å²) in [7, 11) is 0. The predicted octanol–water partition coefficient (Wildman–Crippen LogP) is 1.84. The Morgan fingerprint density at radius 2 is 2.13 bits per heavy atom. The molecule has 15 heavy (non-hydrogen) atoms. The van der Waals surface area contributed by atoms with Gasteiger partial charge in [-0.3, -0.25) is 4.90 Å². The van der Waals surface area contributed by atoms with Gasteiger partial charge in [-0.2, -0.15) is 0 Å². The lowest BCUT2D eigenvalue weighted by Crippen LogP contribution is -2.52. The number of nitrogens with two attached hydrogens (primary N) is 1. The van der Waals surface area contributed by atoms with Crippen molar-refractivity contribution in [3.8, 4) is 0 Å². The van der Waals surface area contributed by atoms with Crippen LogP contribution in [-0.4, -0.2) is 36.5 Å². The minimum absolute atomic E-state index is 0.0952. The monoisotopic (exact) mass is 218 g/mol. The van der Waals surface area contributed by atoms with Crippen LogP contribution < -0.4 is 5.73 Å². The molecule has 1 heterocycles. The van der Waals surface area contributed by atoms with Gasteiger partial charge in [-0.15, -0.1) is 0 Å². The van der Waals surface area contributed by atoms with Crippen molar-refractivity contribution in [3.05, 3.63) is 0 Å². The van der Waals surface area contributed by atoms with E-state index in [0.29, 0.717) is 31.8 Å². The van der Waals surface area contributed by atoms with Crippen LogP contribution in [0.2, 0.25) is 0 Å². The van der Waals surface area contributed by atoms with Gasteiger partial charge >= 0.3 is 0 Å². The summed E-state index contributed by atoms with van der Waals surface area (Å²) in [5.74, 6) is -2.78. The molecule has 1 saturated carbocycles. The Balaban J connectivity index is 1.74. The van der Waals surface area contributed by atoms with E-state index in [-0.39, 0.29) is 12.3 Å². The topological polar surface area (TPSA) is 29.3 Å². The molecule has 2 atom stereocenters. The third-order valence-electron chi connectivity index (χ3n) is 3.96. The largest absolute Gasteiger partial charge is 0.329 e. The molecule has 0 amide bonds. The average molecular weight is 218 g/mol. The standard InChI is InChI=1S/C11H20F2N2/c12-11(13)5-1-2-9(11)3-6-15-7-4-10(15)8-14/h9-10H,1-8,14H2. The zero-order valence-electron chi connectivity index (χ0n) is 9.09. The molecule has 0 bridgehead atoms. The Hall–Kier alpha value is -0.220. The number of hydrogen-bond acceptors (Lipinski definition) is 2. The van der Waals surface area contributed by atoms with Gasteiger partial charge in [-0.1, -0.05) is 0 Å². The molecule has 0 aromatic heterocycles. The van der Waals surface area contributed by atoms with Crippen molar-refractivity contribution < 1.29 is 8.78 Å². The lowest BCUT2D eigenvalue weighted by molar-refractivity contribution is -0.0458. The van der Waals surface area contributed by atoms with Crippen LogP contribution in [0.4, 0.5) is 8.78 Å². The number of rotatable bonds is 4. The summed E-state index contributed by atoms with van der Waals surface area (Å²) in [6, 6.07) is 0.458. The van der Waals surface area contributed by atoms with Gasteiger partial charge in [0.15, 0.2) is 0 Å². The van der Waals surface area contributed by atoms with Crippen LogP contribution in [-0.2, 0) is 0 Å². The molecule has 88 valence electrons. The Morgan fingerprint density at radius 3 is 2.60 bits per heavy atom. The number of likely N-dealkylation sites (tertiary alicyclic amines) is 1. The van der Waals surface area contributed by atoms with Gasteiger partial charge in [0.25, 0.3) is 5.92 Å². The Kier molecular flexibility index (Phi) is 3.26. The summed E-state index contributed by atoms with van der Waals surface area (Å²) in [4.78, 5) is 2.24. The maximum Gasteiger partial charge on any atom is 0.250 e. The maximum absolute atomic E-state index is 13.3. The fourth-order valence-corrected chi connectivity index (χ4v) is 2.73. The first-order chi connectivity index (χ1) is 7.13. The van der Waals surface area contributed by atoms with Gasteiger partial charge in [-0.05, 0) is 32.2 Å². The van der Waals surface area contributed by atoms with Gasteiger partial charge < -0.3 is 5.73 Å². The predicted molar refractivity (Wildman–Crippen MR) is 55.9 cm³/mol. The highest BCUT2D eigenvalue weighted by Gasteiger charge is 2.43. The van der Waals surface area contributed by atoms with Crippen LogP contribution in [0.1, 0.15) is 32.1 Å². The van der Waals surface area contributed by atoms with Crippen LogP contribution >= 0.6 is 0 Å². The molecule has 2 rings (SSSR count). The van der Waals surface area contributed by atoms with Crippen LogP contribution in [0.5, 0.6) is 0 Å². The number of halogens is 2. The molecule has 0 aromatic rings. The fraction of sp³-hybridized carbons (Fsp3) is 1.00. The van der Waals surface area contributed by atoms with E-state index in [1.807, 2.05) is 0 Å². The van der Waals surface area contributed by atoms with Crippen molar-refractivity contribution in [3.63, 3.8) is 0 Å². The van der Waals surface area contributed by atoms with E-state index in [1.165, 1.54) is 0 Å². The lowest BCUT2D eigenvalue weighted by Gasteiger charge is -2.41. The van der Waals surface area contributed by atoms with E-state index in [2.05, 4.69) is 4.90 Å². The van der Waals surface area contributed by atoms with Gasteiger partial charge in [0.1, 0.15) is 0 Å². The highest BCUT2D eigenvalue weighted by Crippen LogP contribution is 2.42. The maximum atomic E-state index is 13.3. The smallest absolute Gasteiger partial charge is 0.250 e. The summed E-state index contributed by atoms with van der Waals surface area (Å²) in [5, 5.41) is 0. The van der Waals surface area contributed by atoms with E-state index in [4.69, 9.17) is 5.73 Å². The minimum atomic E-state index is -2.40. The Bertz CT molecular complexity index is 219. The van der Waals surface area contributed by atoms with Gasteiger partial charge in [0.05, 0.1) is 0 Å². The molecule has 2 nitrogen and oxygen atoms in total. The van der Waals surface area contributed by atoms with Crippen molar-refractivity contribution in [2.75, 3.05) is 19.6 Å². The molecule has 2 aliphatic rings. The van der Waals surface area contributed by atoms with E-state index < -0.39 is 5.92 Å². The fourth-order valence-electron chi connectivity index (χ4n) is 2.73. The molecule has 1 aliphatic carbocycles. The third kappa shape index (κ3) is 2.31. The first-order valence-electron chi connectivity index (χ1n) is 5.95. The van der Waals surface area contributed by atoms with Crippen molar-refractivity contribution in [2.45, 2.75) is 44.1 Å². The van der Waals surface area contributed by atoms with Gasteiger partial charge in [0.2, 0.25) is 0 Å². The molecule has 0 aromatic carbocycles. The highest BCUT2D eigenvalue weighted by molar-refractivity contribution is 4.88. The van der Waals surface area contributed by atoms with E-state index in [9.17, 15) is 8.78 Å². The van der Waals surface area contributed by atoms with Crippen molar-refractivity contribution in [1.29, 1.82) is 0 Å². The molecule has 2 fully saturated rings. The van der Waals surface area contributed by atoms with Gasteiger partial charge in [0, 0.05) is 31.5 Å². The first-order valence-corrected chi connectivity index (χ1v) is 5.95. The second-order valence-corrected chi connectivity index (χ2v) is 4.85. The van der Waals surface area contributed by atoms with Crippen molar-refractivity contribution in [2.24, 2.45) is 11.7 Å². The third-order valence-corrected chi connectivity index (χ3v) is 3.96. The average Bonchev–Trinajstić information content (AvgIpc) is 2.45. The molecule has 2 unspecified atom stereocenters. The zero-order chi connectivity index (χ0) is 10.9. The normalized spacial score (nSPS) is 35.4. The second kappa shape index (κ2) is 4.34. The number of hydrogen-bond donors (Lipinski definition) is 1. The molecule has 1 saturated heterocycles. The number of nitrogens with zero attached hydrogens (tertiary/aromatic N) is 1. The van der Waals surface area contributed by atoms with Gasteiger partial charge in [-0.25, -0.2) is 8.78 Å². The Morgan fingerprint density at radius 1 is 1.33 bits per heavy atom. The first kappa shape index (κ1) is 11.3. The molecule has 4 heteroatoms. The summed E-state index contributed by atoms with van der Waals surface area (Å²) < 4.78 is 26.6. The molecule has 2 N–H and O–H groups in total. The molecule has 0 spiro atoms. The van der Waals surface area contributed by atoms with Crippen LogP contribution in [0, 0.1) is 5.92 Å². The Labute approximate surface area is 89.8 Å². The van der Waals surface area contributed by atoms with Crippen LogP contribution in [0.25, 0.3) is 0 Å². The highest BCUT2D eigenvalue weighted by atomic mass is 19.3. The van der Waals surface area contributed by atoms with Crippen molar-refractivity contribution >= 4 is 0 Å². The summed E-state index contributed by atoms with van der Waals surface area (Å²) in [6.45, 7) is 2.52. The quantitative estimate of drug-likeness (QED) is 0.780. The molecule has 0 radical (unpaired) electrons. The summed E-state index contributed by atoms with van der Waals surface area (Å²) >= 11 is 0. The van der Waals surface area contributed by atoms with E-state index in [0.717, 1.165) is 19.5 Å². The van der Waals surface area contributed by atoms with Crippen molar-refractivity contribution in [1.82, 2.24) is 4.90 Å². The molecule has 1 aliphatic heterocycles. The second-order valence-electron chi connectivity index (χ2n) is 4.85. The minimum Gasteiger partial charge on any atom is -0.329 e. The van der Waals surface area contributed by atoms with Crippen LogP contribution in [0.15, 0.2) is 0 Å². The van der Waals surface area contributed by atoms with E-state index in [1.54, 1.807) is 0 Å². The summed E-state index contributed by atoms with van der Waals surface area (Å²) in [6.07, 6.45) is 3.27. The zero-order valence-corrected chi connectivity index (χ0v) is 9.09. The molecular weight excluding hydrogens is 198 g/mol. The molecular formula is C11H20F2N2. The summed E-state index contributed by atoms with van der Waals surface area (Å²) in [5.41, 5.74) is 5.57. The number of alkyl halides is 2. The van der Waals surface area contributed by atoms with E-state index >= 15 is 0 Å². The SMILES string of the molecule is NCC1CCN1CCC1CCCC1(F)F. The van der Waals surface area contributed by atoms with Crippen LogP contribution in [0.3, 0.4) is 0 Å².